The van der Waals surface area contributed by atoms with Crippen molar-refractivity contribution in [2.45, 2.75) is 38.5 Å². The van der Waals surface area contributed by atoms with Crippen molar-refractivity contribution >= 4 is 0 Å². The molecule has 0 amide bonds. The van der Waals surface area contributed by atoms with Crippen molar-refractivity contribution in [1.29, 1.82) is 0 Å². The van der Waals surface area contributed by atoms with Crippen molar-refractivity contribution < 1.29 is 4.39 Å². The molecule has 2 aliphatic rings. The third kappa shape index (κ3) is 3.83. The zero-order chi connectivity index (χ0) is 14.7. The maximum absolute atomic E-state index is 13.1. The van der Waals surface area contributed by atoms with Crippen LogP contribution in [0.1, 0.15) is 44.1 Å². The van der Waals surface area contributed by atoms with Crippen LogP contribution in [0.4, 0.5) is 4.39 Å². The highest BCUT2D eigenvalue weighted by atomic mass is 19.1. The molecule has 3 rings (SSSR count). The SMILES string of the molecule is CC1(CN2CCCC(c3ccc(F)cc3)CC2)CCNC1. The van der Waals surface area contributed by atoms with E-state index in [0.29, 0.717) is 11.3 Å². The molecule has 2 atom stereocenters. The first-order valence-electron chi connectivity index (χ1n) is 8.33. The summed E-state index contributed by atoms with van der Waals surface area (Å²) in [5.41, 5.74) is 1.77. The molecule has 0 radical (unpaired) electrons. The molecular formula is C18H27FN2. The van der Waals surface area contributed by atoms with Gasteiger partial charge < -0.3 is 10.2 Å². The predicted molar refractivity (Wildman–Crippen MR) is 85.0 cm³/mol. The van der Waals surface area contributed by atoms with Gasteiger partial charge in [0.1, 0.15) is 5.82 Å². The second-order valence-corrected chi connectivity index (χ2v) is 7.19. The minimum atomic E-state index is -0.129. The lowest BCUT2D eigenvalue weighted by Crippen LogP contribution is -2.38. The van der Waals surface area contributed by atoms with Crippen molar-refractivity contribution in [3.8, 4) is 0 Å². The molecule has 2 heterocycles. The molecule has 2 saturated heterocycles. The van der Waals surface area contributed by atoms with Crippen LogP contribution in [-0.2, 0) is 0 Å². The number of hydrogen-bond donors (Lipinski definition) is 1. The maximum atomic E-state index is 13.1. The number of nitrogens with zero attached hydrogens (tertiary/aromatic N) is 1. The van der Waals surface area contributed by atoms with E-state index in [4.69, 9.17) is 0 Å². The standard InChI is InChI=1S/C18H27FN2/c1-18(9-10-20-13-18)14-21-11-2-3-15(8-12-21)16-4-6-17(19)7-5-16/h4-7,15,20H,2-3,8-14H2,1H3. The number of benzene rings is 1. The van der Waals surface area contributed by atoms with Gasteiger partial charge in [0.05, 0.1) is 0 Å². The van der Waals surface area contributed by atoms with Crippen molar-refractivity contribution in [2.24, 2.45) is 5.41 Å². The molecule has 2 unspecified atom stereocenters. The van der Waals surface area contributed by atoms with E-state index in [1.807, 2.05) is 12.1 Å². The molecule has 0 spiro atoms. The topological polar surface area (TPSA) is 15.3 Å². The zero-order valence-electron chi connectivity index (χ0n) is 13.1. The Morgan fingerprint density at radius 1 is 1.24 bits per heavy atom. The fourth-order valence-electron chi connectivity index (χ4n) is 3.93. The molecule has 2 fully saturated rings. The smallest absolute Gasteiger partial charge is 0.123 e. The average Bonchev–Trinajstić information content (AvgIpc) is 2.76. The molecule has 21 heavy (non-hydrogen) atoms. The summed E-state index contributed by atoms with van der Waals surface area (Å²) in [5.74, 6) is 0.473. The van der Waals surface area contributed by atoms with Crippen LogP contribution < -0.4 is 5.32 Å². The first kappa shape index (κ1) is 15.0. The van der Waals surface area contributed by atoms with E-state index in [-0.39, 0.29) is 5.82 Å². The lowest BCUT2D eigenvalue weighted by Gasteiger charge is -2.31. The van der Waals surface area contributed by atoms with Crippen molar-refractivity contribution in [1.82, 2.24) is 10.2 Å². The summed E-state index contributed by atoms with van der Waals surface area (Å²) in [6.45, 7) is 8.35. The Hall–Kier alpha value is -0.930. The summed E-state index contributed by atoms with van der Waals surface area (Å²) in [6.07, 6.45) is 4.99. The highest BCUT2D eigenvalue weighted by Gasteiger charge is 2.31. The molecule has 116 valence electrons. The monoisotopic (exact) mass is 290 g/mol. The Kier molecular flexibility index (Phi) is 4.60. The van der Waals surface area contributed by atoms with Crippen molar-refractivity contribution in [2.75, 3.05) is 32.7 Å². The zero-order valence-corrected chi connectivity index (χ0v) is 13.1. The highest BCUT2D eigenvalue weighted by Crippen LogP contribution is 2.31. The van der Waals surface area contributed by atoms with Crippen LogP contribution in [0.25, 0.3) is 0 Å². The van der Waals surface area contributed by atoms with E-state index in [1.54, 1.807) is 12.1 Å². The van der Waals surface area contributed by atoms with Gasteiger partial charge in [-0.2, -0.15) is 0 Å². The van der Waals surface area contributed by atoms with Gasteiger partial charge in [-0.15, -0.1) is 0 Å². The molecule has 1 N–H and O–H groups in total. The first-order valence-corrected chi connectivity index (χ1v) is 8.33. The summed E-state index contributed by atoms with van der Waals surface area (Å²) in [5, 5.41) is 3.50. The van der Waals surface area contributed by atoms with Gasteiger partial charge in [-0.25, -0.2) is 4.39 Å². The Labute approximate surface area is 127 Å². The van der Waals surface area contributed by atoms with Gasteiger partial charge in [-0.1, -0.05) is 19.1 Å². The fourth-order valence-corrected chi connectivity index (χ4v) is 3.93. The lowest BCUT2D eigenvalue weighted by atomic mass is 9.89. The Morgan fingerprint density at radius 3 is 2.76 bits per heavy atom. The molecule has 3 heteroatoms. The number of likely N-dealkylation sites (tertiary alicyclic amines) is 1. The summed E-state index contributed by atoms with van der Waals surface area (Å²) in [7, 11) is 0. The van der Waals surface area contributed by atoms with E-state index in [2.05, 4.69) is 17.1 Å². The quantitative estimate of drug-likeness (QED) is 0.918. The largest absolute Gasteiger partial charge is 0.316 e. The molecule has 0 saturated carbocycles. The molecule has 2 nitrogen and oxygen atoms in total. The minimum absolute atomic E-state index is 0.129. The molecule has 0 aliphatic carbocycles. The third-order valence-electron chi connectivity index (χ3n) is 5.22. The lowest BCUT2D eigenvalue weighted by molar-refractivity contribution is 0.182. The van der Waals surface area contributed by atoms with Crippen molar-refractivity contribution in [3.63, 3.8) is 0 Å². The summed E-state index contributed by atoms with van der Waals surface area (Å²) >= 11 is 0. The average molecular weight is 290 g/mol. The second kappa shape index (κ2) is 6.45. The predicted octanol–water partition coefficient (Wildman–Crippen LogP) is 3.39. The number of rotatable bonds is 3. The number of nitrogens with one attached hydrogen (secondary N) is 1. The van der Waals surface area contributed by atoms with E-state index < -0.39 is 0 Å². The van der Waals surface area contributed by atoms with Crippen LogP contribution in [0.5, 0.6) is 0 Å². The fraction of sp³-hybridized carbons (Fsp3) is 0.667. The van der Waals surface area contributed by atoms with Crippen LogP contribution in [-0.4, -0.2) is 37.6 Å². The molecule has 0 bridgehead atoms. The van der Waals surface area contributed by atoms with Crippen LogP contribution in [0.15, 0.2) is 24.3 Å². The normalized spacial score (nSPS) is 31.2. The van der Waals surface area contributed by atoms with Gasteiger partial charge in [-0.05, 0) is 74.3 Å². The summed E-state index contributed by atoms with van der Waals surface area (Å²) < 4.78 is 13.1. The van der Waals surface area contributed by atoms with Crippen LogP contribution in [0, 0.1) is 11.2 Å². The van der Waals surface area contributed by atoms with Gasteiger partial charge in [0, 0.05) is 13.1 Å². The first-order chi connectivity index (χ1) is 10.1. The Bertz CT molecular complexity index is 451. The Morgan fingerprint density at radius 2 is 2.05 bits per heavy atom. The van der Waals surface area contributed by atoms with Crippen molar-refractivity contribution in [3.05, 3.63) is 35.6 Å². The van der Waals surface area contributed by atoms with E-state index in [1.165, 1.54) is 57.4 Å². The Balaban J connectivity index is 1.57. The number of hydrogen-bond acceptors (Lipinski definition) is 2. The minimum Gasteiger partial charge on any atom is -0.316 e. The molecular weight excluding hydrogens is 263 g/mol. The van der Waals surface area contributed by atoms with E-state index in [9.17, 15) is 4.39 Å². The molecule has 1 aromatic rings. The van der Waals surface area contributed by atoms with Gasteiger partial charge in [-0.3, -0.25) is 0 Å². The molecule has 2 aliphatic heterocycles. The van der Waals surface area contributed by atoms with Gasteiger partial charge in [0.25, 0.3) is 0 Å². The number of halogens is 1. The summed E-state index contributed by atoms with van der Waals surface area (Å²) in [6, 6.07) is 7.14. The van der Waals surface area contributed by atoms with Gasteiger partial charge in [0.15, 0.2) is 0 Å². The van der Waals surface area contributed by atoms with Gasteiger partial charge in [0.2, 0.25) is 0 Å². The molecule has 1 aromatic carbocycles. The third-order valence-corrected chi connectivity index (χ3v) is 5.22. The van der Waals surface area contributed by atoms with Crippen LogP contribution >= 0.6 is 0 Å². The van der Waals surface area contributed by atoms with Crippen LogP contribution in [0.2, 0.25) is 0 Å². The van der Waals surface area contributed by atoms with E-state index >= 15 is 0 Å². The second-order valence-electron chi connectivity index (χ2n) is 7.19. The highest BCUT2D eigenvalue weighted by molar-refractivity contribution is 5.20. The van der Waals surface area contributed by atoms with Gasteiger partial charge >= 0.3 is 0 Å². The summed E-state index contributed by atoms with van der Waals surface area (Å²) in [4.78, 5) is 2.65. The van der Waals surface area contributed by atoms with E-state index in [0.717, 1.165) is 6.54 Å². The molecule has 0 aromatic heterocycles. The van der Waals surface area contributed by atoms with Crippen LogP contribution in [0.3, 0.4) is 0 Å². The maximum Gasteiger partial charge on any atom is 0.123 e.